The summed E-state index contributed by atoms with van der Waals surface area (Å²) in [6.45, 7) is 21.9. The Labute approximate surface area is 155 Å². The molecule has 0 aromatic heterocycles. The second-order valence-electron chi connectivity index (χ2n) is 9.71. The predicted octanol–water partition coefficient (Wildman–Crippen LogP) is 4.93. The van der Waals surface area contributed by atoms with Gasteiger partial charge in [-0.2, -0.15) is 0 Å². The summed E-state index contributed by atoms with van der Waals surface area (Å²) in [7, 11) is -2.23. The molecular weight excluding hydrogens is 327 g/mol. The Morgan fingerprint density at radius 2 is 1.52 bits per heavy atom. The van der Waals surface area contributed by atoms with Gasteiger partial charge in [0.2, 0.25) is 8.32 Å². The van der Waals surface area contributed by atoms with Crippen LogP contribution < -0.4 is 9.89 Å². The van der Waals surface area contributed by atoms with E-state index in [2.05, 4.69) is 86.7 Å². The molecule has 0 aliphatic carbocycles. The van der Waals surface area contributed by atoms with Crippen molar-refractivity contribution in [1.82, 2.24) is 0 Å². The molecule has 0 saturated carbocycles. The molecule has 1 saturated heterocycles. The third kappa shape index (κ3) is 4.15. The Morgan fingerprint density at radius 3 is 1.96 bits per heavy atom. The summed E-state index contributed by atoms with van der Waals surface area (Å²) < 4.78 is 19.0. The number of hydrogen-bond donors (Lipinski definition) is 0. The van der Waals surface area contributed by atoms with Crippen molar-refractivity contribution in [2.45, 2.75) is 91.1 Å². The smallest absolute Gasteiger partial charge is 0.494 e. The first kappa shape index (κ1) is 20.5. The average molecular weight is 362 g/mol. The number of hydrogen-bond acceptors (Lipinski definition) is 3. The number of rotatable bonds is 4. The van der Waals surface area contributed by atoms with Crippen molar-refractivity contribution in [2.24, 2.45) is 0 Å². The lowest BCUT2D eigenvalue weighted by Crippen LogP contribution is -2.44. The summed E-state index contributed by atoms with van der Waals surface area (Å²) in [5, 5.41) is 0.166. The molecule has 0 amide bonds. The van der Waals surface area contributed by atoms with Crippen LogP contribution in [0, 0.1) is 0 Å². The van der Waals surface area contributed by atoms with Gasteiger partial charge in [-0.1, -0.05) is 33.8 Å². The highest BCUT2D eigenvalue weighted by Gasteiger charge is 2.52. The lowest BCUT2D eigenvalue weighted by molar-refractivity contribution is 0.00578. The Hall–Kier alpha value is -0.778. The van der Waals surface area contributed by atoms with Crippen LogP contribution in [0.15, 0.2) is 18.2 Å². The molecule has 0 N–H and O–H groups in total. The summed E-state index contributed by atoms with van der Waals surface area (Å²) in [6.07, 6.45) is 0.960. The van der Waals surface area contributed by atoms with Crippen molar-refractivity contribution < 1.29 is 13.7 Å². The van der Waals surface area contributed by atoms with E-state index >= 15 is 0 Å². The van der Waals surface area contributed by atoms with Crippen LogP contribution in [0.4, 0.5) is 0 Å². The second kappa shape index (κ2) is 6.43. The van der Waals surface area contributed by atoms with E-state index < -0.39 is 8.32 Å². The molecule has 25 heavy (non-hydrogen) atoms. The average Bonchev–Trinajstić information content (AvgIpc) is 2.65. The van der Waals surface area contributed by atoms with Crippen LogP contribution in [-0.4, -0.2) is 26.6 Å². The van der Waals surface area contributed by atoms with Gasteiger partial charge in [0.15, 0.2) is 0 Å². The highest BCUT2D eigenvalue weighted by molar-refractivity contribution is 6.74. The molecule has 2 rings (SSSR count). The van der Waals surface area contributed by atoms with Crippen LogP contribution >= 0.6 is 0 Å². The molecule has 1 fully saturated rings. The van der Waals surface area contributed by atoms with E-state index in [1.165, 1.54) is 5.56 Å². The molecule has 1 aliphatic heterocycles. The molecule has 140 valence electrons. The molecular formula is C20H35BO3Si. The summed E-state index contributed by atoms with van der Waals surface area (Å²) in [4.78, 5) is 0. The van der Waals surface area contributed by atoms with Gasteiger partial charge in [-0.15, -0.1) is 0 Å². The van der Waals surface area contributed by atoms with Gasteiger partial charge in [-0.05, 0) is 75.4 Å². The van der Waals surface area contributed by atoms with Crippen LogP contribution in [0.25, 0.3) is 0 Å². The van der Waals surface area contributed by atoms with Gasteiger partial charge in [0, 0.05) is 0 Å². The van der Waals surface area contributed by atoms with E-state index in [1.54, 1.807) is 0 Å². The van der Waals surface area contributed by atoms with E-state index in [0.29, 0.717) is 0 Å². The largest absolute Gasteiger partial charge is 0.544 e. The Kier molecular flexibility index (Phi) is 5.28. The Balaban J connectivity index is 2.36. The van der Waals surface area contributed by atoms with Crippen LogP contribution in [0.2, 0.25) is 18.1 Å². The molecule has 0 bridgehead atoms. The zero-order valence-electron chi connectivity index (χ0n) is 17.7. The van der Waals surface area contributed by atoms with Gasteiger partial charge in [0.05, 0.1) is 11.2 Å². The molecule has 0 unspecified atom stereocenters. The predicted molar refractivity (Wildman–Crippen MR) is 109 cm³/mol. The van der Waals surface area contributed by atoms with Gasteiger partial charge < -0.3 is 13.7 Å². The SMILES string of the molecule is CCc1cc(O[Si](C)(C)C(C)(C)C)cc(B2OC(C)(C)C(C)(C)O2)c1. The topological polar surface area (TPSA) is 27.7 Å². The van der Waals surface area contributed by atoms with E-state index in [1.807, 2.05) is 0 Å². The van der Waals surface area contributed by atoms with Crippen molar-refractivity contribution in [2.75, 3.05) is 0 Å². The minimum atomic E-state index is -1.88. The molecule has 1 aromatic carbocycles. The molecule has 0 radical (unpaired) electrons. The summed E-state index contributed by atoms with van der Waals surface area (Å²) in [6, 6.07) is 6.44. The van der Waals surface area contributed by atoms with Crippen molar-refractivity contribution in [1.29, 1.82) is 0 Å². The monoisotopic (exact) mass is 362 g/mol. The van der Waals surface area contributed by atoms with E-state index in [4.69, 9.17) is 13.7 Å². The highest BCUT2D eigenvalue weighted by atomic mass is 28.4. The lowest BCUT2D eigenvalue weighted by Gasteiger charge is -2.36. The maximum absolute atomic E-state index is 6.54. The fourth-order valence-corrected chi connectivity index (χ4v) is 3.53. The molecule has 1 aromatic rings. The van der Waals surface area contributed by atoms with E-state index in [-0.39, 0.29) is 23.4 Å². The fourth-order valence-electron chi connectivity index (χ4n) is 2.51. The highest BCUT2D eigenvalue weighted by Crippen LogP contribution is 2.39. The van der Waals surface area contributed by atoms with Crippen molar-refractivity contribution in [3.8, 4) is 5.75 Å². The van der Waals surface area contributed by atoms with Crippen molar-refractivity contribution in [3.05, 3.63) is 23.8 Å². The van der Waals surface area contributed by atoms with Gasteiger partial charge in [-0.25, -0.2) is 0 Å². The molecule has 3 nitrogen and oxygen atoms in total. The van der Waals surface area contributed by atoms with Gasteiger partial charge in [0.1, 0.15) is 5.75 Å². The van der Waals surface area contributed by atoms with Crippen LogP contribution in [-0.2, 0) is 15.7 Å². The van der Waals surface area contributed by atoms with Gasteiger partial charge >= 0.3 is 7.12 Å². The minimum absolute atomic E-state index is 0.166. The Bertz CT molecular complexity index is 616. The van der Waals surface area contributed by atoms with E-state index in [0.717, 1.165) is 17.6 Å². The molecule has 5 heteroatoms. The first-order valence-electron chi connectivity index (χ1n) is 9.37. The summed E-state index contributed by atoms with van der Waals surface area (Å²) >= 11 is 0. The summed E-state index contributed by atoms with van der Waals surface area (Å²) in [5.74, 6) is 0.940. The lowest BCUT2D eigenvalue weighted by atomic mass is 9.78. The maximum atomic E-state index is 6.54. The molecule has 1 aliphatic rings. The molecule has 1 heterocycles. The maximum Gasteiger partial charge on any atom is 0.494 e. The molecule has 0 atom stereocenters. The second-order valence-corrected chi connectivity index (χ2v) is 14.4. The third-order valence-corrected chi connectivity index (χ3v) is 10.5. The van der Waals surface area contributed by atoms with Crippen molar-refractivity contribution in [3.63, 3.8) is 0 Å². The quantitative estimate of drug-likeness (QED) is 0.711. The fraction of sp³-hybridized carbons (Fsp3) is 0.700. The normalized spacial score (nSPS) is 20.0. The number of benzene rings is 1. The zero-order chi connectivity index (χ0) is 19.3. The van der Waals surface area contributed by atoms with Crippen LogP contribution in [0.3, 0.4) is 0 Å². The zero-order valence-corrected chi connectivity index (χ0v) is 18.7. The summed E-state index contributed by atoms with van der Waals surface area (Å²) in [5.41, 5.74) is 1.63. The Morgan fingerprint density at radius 1 is 1.00 bits per heavy atom. The van der Waals surface area contributed by atoms with Gasteiger partial charge in [0.25, 0.3) is 0 Å². The van der Waals surface area contributed by atoms with Crippen molar-refractivity contribution >= 4 is 20.9 Å². The third-order valence-electron chi connectivity index (χ3n) is 6.10. The number of aryl methyl sites for hydroxylation is 1. The standard InChI is InChI=1S/C20H35BO3Si/c1-11-15-12-16(21-23-19(5,6)20(7,8)24-21)14-17(13-15)22-25(9,10)18(2,3)4/h12-14H,11H2,1-10H3. The van der Waals surface area contributed by atoms with E-state index in [9.17, 15) is 0 Å². The van der Waals surface area contributed by atoms with Crippen LogP contribution in [0.5, 0.6) is 5.75 Å². The van der Waals surface area contributed by atoms with Gasteiger partial charge in [-0.3, -0.25) is 0 Å². The molecule has 0 spiro atoms. The van der Waals surface area contributed by atoms with Crippen LogP contribution in [0.1, 0.15) is 61.0 Å². The first-order valence-corrected chi connectivity index (χ1v) is 12.3. The minimum Gasteiger partial charge on any atom is -0.544 e. The first-order chi connectivity index (χ1) is 11.2.